The van der Waals surface area contributed by atoms with Gasteiger partial charge in [-0.2, -0.15) is 0 Å². The molecule has 31 heavy (non-hydrogen) atoms. The molecule has 154 valence electrons. The lowest BCUT2D eigenvalue weighted by Crippen LogP contribution is -2.36. The summed E-state index contributed by atoms with van der Waals surface area (Å²) in [6.45, 7) is 2.55. The van der Waals surface area contributed by atoms with Crippen LogP contribution >= 0.6 is 0 Å². The zero-order valence-corrected chi connectivity index (χ0v) is 16.7. The first-order valence-electron chi connectivity index (χ1n) is 13.4. The Kier molecular flexibility index (Phi) is 2.92. The molecule has 2 aliphatic rings. The number of benzene rings is 3. The van der Waals surface area contributed by atoms with Gasteiger partial charge in [-0.15, -0.1) is 0 Å². The van der Waals surface area contributed by atoms with Gasteiger partial charge in [-0.05, 0) is 42.6 Å². The predicted octanol–water partition coefficient (Wildman–Crippen LogP) is 4.32. The average molecular weight is 417 g/mol. The van der Waals surface area contributed by atoms with Crippen molar-refractivity contribution in [2.45, 2.75) is 12.8 Å². The Labute approximate surface area is 188 Å². The van der Waals surface area contributed by atoms with E-state index >= 15 is 0 Å². The van der Waals surface area contributed by atoms with Gasteiger partial charge >= 0.3 is 11.2 Å². The Morgan fingerprint density at radius 2 is 1.42 bits per heavy atom. The summed E-state index contributed by atoms with van der Waals surface area (Å²) in [7, 11) is 0. The number of fused-ring (bicyclic) bond motifs is 2. The van der Waals surface area contributed by atoms with E-state index in [4.69, 9.17) is 12.6 Å². The third kappa shape index (κ3) is 2.92. The van der Waals surface area contributed by atoms with Gasteiger partial charge in [0.05, 0.1) is 37.1 Å². The molecular weight excluding hydrogens is 388 g/mol. The Balaban J connectivity index is 1.86. The van der Waals surface area contributed by atoms with Crippen LogP contribution in [0, 0.1) is 0 Å². The SMILES string of the molecule is [2H]c1c(N2CCC2)c([2H])c2[o+]c3c([2H])c(N4CCC4)c([2H])c([2H])c3c(-c3ccccc3C(=O)[O-])c2c1[2H]. The maximum atomic E-state index is 12.1. The second-order valence-corrected chi connectivity index (χ2v) is 7.85. The van der Waals surface area contributed by atoms with Gasteiger partial charge < -0.3 is 19.7 Å². The fraction of sp³-hybridized carbons (Fsp3) is 0.231. The van der Waals surface area contributed by atoms with E-state index in [9.17, 15) is 9.90 Å². The molecule has 0 saturated carbocycles. The molecule has 6 rings (SSSR count). The van der Waals surface area contributed by atoms with Crippen molar-refractivity contribution < 1.29 is 22.5 Å². The quantitative estimate of drug-likeness (QED) is 0.366. The molecule has 5 nitrogen and oxygen atoms in total. The number of nitrogens with zero attached hydrogens (tertiary/aromatic N) is 2. The summed E-state index contributed by atoms with van der Waals surface area (Å²) in [6, 6.07) is 4.79. The van der Waals surface area contributed by atoms with Gasteiger partial charge in [0.1, 0.15) is 0 Å². The van der Waals surface area contributed by atoms with E-state index in [0.29, 0.717) is 26.2 Å². The fourth-order valence-corrected chi connectivity index (χ4v) is 4.04. The zero-order chi connectivity index (χ0) is 26.2. The highest BCUT2D eigenvalue weighted by Crippen LogP contribution is 2.41. The molecule has 2 fully saturated rings. The smallest absolute Gasteiger partial charge is 0.363 e. The highest BCUT2D eigenvalue weighted by atomic mass is 16.4. The van der Waals surface area contributed by atoms with Gasteiger partial charge in [0.2, 0.25) is 0 Å². The van der Waals surface area contributed by atoms with E-state index in [1.165, 1.54) is 18.2 Å². The minimum Gasteiger partial charge on any atom is -0.545 e. The normalized spacial score (nSPS) is 18.5. The van der Waals surface area contributed by atoms with Crippen LogP contribution in [0.2, 0.25) is 0 Å². The molecule has 1 aromatic heterocycles. The van der Waals surface area contributed by atoms with Crippen LogP contribution in [0.5, 0.6) is 0 Å². The van der Waals surface area contributed by atoms with Crippen LogP contribution in [0.15, 0.2) is 64.9 Å². The Bertz CT molecular complexity index is 1560. The maximum absolute atomic E-state index is 12.1. The molecule has 0 bridgehead atoms. The van der Waals surface area contributed by atoms with Crippen LogP contribution in [0.3, 0.4) is 0 Å². The molecule has 2 aliphatic heterocycles. The van der Waals surface area contributed by atoms with Crippen LogP contribution in [0.4, 0.5) is 11.4 Å². The van der Waals surface area contributed by atoms with E-state index in [-0.39, 0.29) is 86.3 Å². The topological polar surface area (TPSA) is 57.9 Å². The Hall–Kier alpha value is -3.60. The molecule has 0 aliphatic carbocycles. The first kappa shape index (κ1) is 13.0. The average Bonchev–Trinajstić information content (AvgIpc) is 2.82. The van der Waals surface area contributed by atoms with E-state index < -0.39 is 5.97 Å². The number of rotatable bonds is 4. The Morgan fingerprint density at radius 1 is 0.871 bits per heavy atom. The molecule has 3 heterocycles. The van der Waals surface area contributed by atoms with Gasteiger partial charge in [0, 0.05) is 48.7 Å². The zero-order valence-electron chi connectivity index (χ0n) is 22.7. The number of carboxylic acid groups (broad SMARTS) is 1. The van der Waals surface area contributed by atoms with Crippen LogP contribution in [-0.4, -0.2) is 32.1 Å². The standard InChI is InChI=1S/C26H22N2O3/c29-26(30)20-6-2-1-5-19(20)25-21-9-7-17(27-11-3-12-27)15-23(21)31-24-16-18(8-10-22(24)25)28-13-4-14-28/h1-2,5-10,15-16H,3-4,11-14H2/i7D,8D,9D,10D,15D,16D. The van der Waals surface area contributed by atoms with Crippen molar-refractivity contribution >= 4 is 39.3 Å². The summed E-state index contributed by atoms with van der Waals surface area (Å²) >= 11 is 0. The van der Waals surface area contributed by atoms with Gasteiger partial charge in [-0.1, -0.05) is 24.3 Å². The van der Waals surface area contributed by atoms with Crippen molar-refractivity contribution in [1.82, 2.24) is 0 Å². The molecule has 4 aromatic rings. The van der Waals surface area contributed by atoms with Crippen LogP contribution in [-0.2, 0) is 0 Å². The lowest BCUT2D eigenvalue weighted by Gasteiger charge is -2.33. The van der Waals surface area contributed by atoms with E-state index in [2.05, 4.69) is 0 Å². The first-order valence-corrected chi connectivity index (χ1v) is 10.4. The molecule has 0 spiro atoms. The second kappa shape index (κ2) is 6.98. The summed E-state index contributed by atoms with van der Waals surface area (Å²) in [5, 5.41) is 12.1. The largest absolute Gasteiger partial charge is 0.545 e. The molecule has 0 unspecified atom stereocenters. The molecule has 5 heteroatoms. The van der Waals surface area contributed by atoms with Crippen LogP contribution in [0.25, 0.3) is 33.1 Å². The van der Waals surface area contributed by atoms with Crippen molar-refractivity contribution in [2.24, 2.45) is 0 Å². The first-order chi connectivity index (χ1) is 17.7. The van der Waals surface area contributed by atoms with E-state index in [1.54, 1.807) is 6.07 Å². The van der Waals surface area contributed by atoms with Crippen molar-refractivity contribution in [3.8, 4) is 11.1 Å². The highest BCUT2D eigenvalue weighted by Gasteiger charge is 2.26. The summed E-state index contributed by atoms with van der Waals surface area (Å²) in [6.07, 6.45) is 1.79. The third-order valence-electron chi connectivity index (χ3n) is 5.99. The van der Waals surface area contributed by atoms with E-state index in [0.717, 1.165) is 12.8 Å². The summed E-state index contributed by atoms with van der Waals surface area (Å²) in [5.41, 5.74) is 0.386. The van der Waals surface area contributed by atoms with Gasteiger partial charge in [-0.25, -0.2) is 4.42 Å². The lowest BCUT2D eigenvalue weighted by molar-refractivity contribution is -0.254. The van der Waals surface area contributed by atoms with E-state index in [1.807, 2.05) is 9.80 Å². The Morgan fingerprint density at radius 3 is 1.90 bits per heavy atom. The molecule has 0 atom stereocenters. The molecular formula is C26H22N2O3. The van der Waals surface area contributed by atoms with Crippen molar-refractivity contribution in [3.63, 3.8) is 0 Å². The number of anilines is 2. The van der Waals surface area contributed by atoms with Gasteiger partial charge in [0.25, 0.3) is 0 Å². The van der Waals surface area contributed by atoms with Crippen LogP contribution in [0.1, 0.15) is 31.4 Å². The second-order valence-electron chi connectivity index (χ2n) is 7.85. The highest BCUT2D eigenvalue weighted by molar-refractivity contribution is 6.12. The van der Waals surface area contributed by atoms with Crippen molar-refractivity contribution in [3.05, 3.63) is 66.1 Å². The molecule has 2 saturated heterocycles. The predicted molar refractivity (Wildman–Crippen MR) is 122 cm³/mol. The molecule has 0 N–H and O–H groups in total. The van der Waals surface area contributed by atoms with Gasteiger partial charge in [0.15, 0.2) is 0 Å². The van der Waals surface area contributed by atoms with Crippen molar-refractivity contribution in [1.29, 1.82) is 0 Å². The minimum absolute atomic E-state index is 0.00414. The minimum atomic E-state index is -1.47. The summed E-state index contributed by atoms with van der Waals surface area (Å²) in [4.78, 5) is 15.7. The lowest BCUT2D eigenvalue weighted by atomic mass is 9.93. The fourth-order valence-electron chi connectivity index (χ4n) is 4.04. The number of carbonyl (C=O) groups excluding carboxylic acids is 1. The number of hydrogen-bond acceptors (Lipinski definition) is 4. The monoisotopic (exact) mass is 416 g/mol. The number of carboxylic acids is 1. The van der Waals surface area contributed by atoms with Crippen LogP contribution < -0.4 is 14.9 Å². The van der Waals surface area contributed by atoms with Crippen molar-refractivity contribution in [2.75, 3.05) is 36.0 Å². The number of carbonyl (C=O) groups is 1. The third-order valence-corrected chi connectivity index (χ3v) is 5.99. The number of hydrogen-bond donors (Lipinski definition) is 0. The summed E-state index contributed by atoms with van der Waals surface area (Å²) < 4.78 is 59.3. The summed E-state index contributed by atoms with van der Waals surface area (Å²) in [5.74, 6) is -1.47. The number of aromatic carboxylic acids is 1. The molecule has 0 amide bonds. The van der Waals surface area contributed by atoms with Gasteiger partial charge in [-0.3, -0.25) is 0 Å². The molecule has 0 radical (unpaired) electrons. The molecule has 3 aromatic carbocycles. The maximum Gasteiger partial charge on any atom is 0.363 e.